The molecule has 2 amide bonds. The van der Waals surface area contributed by atoms with Crippen LogP contribution in [0, 0.1) is 0 Å². The Kier molecular flexibility index (Phi) is 7.38. The predicted octanol–water partition coefficient (Wildman–Crippen LogP) is 3.39. The van der Waals surface area contributed by atoms with E-state index in [2.05, 4.69) is 10.4 Å². The van der Waals surface area contributed by atoms with Crippen molar-refractivity contribution in [3.8, 4) is 5.75 Å². The van der Waals surface area contributed by atoms with Gasteiger partial charge in [-0.05, 0) is 53.4 Å². The first-order chi connectivity index (χ1) is 16.5. The van der Waals surface area contributed by atoms with Crippen LogP contribution in [-0.2, 0) is 14.3 Å². The summed E-state index contributed by atoms with van der Waals surface area (Å²) in [5.74, 6) is -0.0177. The Hall–Kier alpha value is -3.92. The van der Waals surface area contributed by atoms with Gasteiger partial charge in [-0.25, -0.2) is 5.01 Å². The van der Waals surface area contributed by atoms with Crippen LogP contribution in [0.2, 0.25) is 0 Å². The minimum absolute atomic E-state index is 0.0505. The third-order valence-corrected chi connectivity index (χ3v) is 5.90. The fourth-order valence-electron chi connectivity index (χ4n) is 3.46. The molecule has 9 nitrogen and oxygen atoms in total. The molecular weight excluding hydrogens is 458 g/mol. The van der Waals surface area contributed by atoms with Gasteiger partial charge in [-0.1, -0.05) is 0 Å². The molecule has 0 spiro atoms. The van der Waals surface area contributed by atoms with Crippen molar-refractivity contribution in [3.63, 3.8) is 0 Å². The van der Waals surface area contributed by atoms with E-state index in [0.29, 0.717) is 23.5 Å². The van der Waals surface area contributed by atoms with Crippen LogP contribution in [0.1, 0.15) is 40.6 Å². The third kappa shape index (κ3) is 5.52. The lowest BCUT2D eigenvalue weighted by Gasteiger charge is -2.19. The molecule has 2 aromatic heterocycles. The molecule has 1 unspecified atom stereocenters. The highest BCUT2D eigenvalue weighted by Crippen LogP contribution is 2.33. The summed E-state index contributed by atoms with van der Waals surface area (Å²) in [6.45, 7) is -0.353. The van der Waals surface area contributed by atoms with E-state index < -0.39 is 24.5 Å². The molecule has 0 bridgehead atoms. The molecule has 1 aliphatic rings. The largest absolute Gasteiger partial charge is 0.497 e. The molecule has 0 saturated heterocycles. The first kappa shape index (κ1) is 23.2. The van der Waals surface area contributed by atoms with Gasteiger partial charge in [0.2, 0.25) is 0 Å². The van der Waals surface area contributed by atoms with Crippen molar-refractivity contribution < 1.29 is 28.3 Å². The number of esters is 1. The number of hydrogen-bond acceptors (Lipinski definition) is 8. The SMILES string of the molecule is COc1ccc(C2=NN(C(=O)COC(=O)CCNC(=O)c3ccsc3)C(c3ccco3)C2)cc1. The lowest BCUT2D eigenvalue weighted by molar-refractivity contribution is -0.152. The number of thiophene rings is 1. The fourth-order valence-corrected chi connectivity index (χ4v) is 4.09. The molecule has 3 heterocycles. The quantitative estimate of drug-likeness (QED) is 0.469. The van der Waals surface area contributed by atoms with Gasteiger partial charge in [-0.2, -0.15) is 16.4 Å². The Bertz CT molecular complexity index is 1160. The average Bonchev–Trinajstić information content (AvgIpc) is 3.63. The predicted molar refractivity (Wildman–Crippen MR) is 125 cm³/mol. The number of rotatable bonds is 9. The number of ether oxygens (including phenoxy) is 2. The Balaban J connectivity index is 1.34. The first-order valence-corrected chi connectivity index (χ1v) is 11.5. The number of benzene rings is 1. The van der Waals surface area contributed by atoms with Gasteiger partial charge in [-0.15, -0.1) is 0 Å². The molecule has 10 heteroatoms. The van der Waals surface area contributed by atoms with Crippen molar-refractivity contribution in [1.29, 1.82) is 0 Å². The van der Waals surface area contributed by atoms with Gasteiger partial charge in [0.1, 0.15) is 17.6 Å². The maximum Gasteiger partial charge on any atom is 0.308 e. The van der Waals surface area contributed by atoms with Gasteiger partial charge in [0.15, 0.2) is 6.61 Å². The Morgan fingerprint density at radius 3 is 2.71 bits per heavy atom. The third-order valence-electron chi connectivity index (χ3n) is 5.22. The molecular formula is C24H23N3O6S. The maximum atomic E-state index is 12.9. The Morgan fingerprint density at radius 2 is 2.03 bits per heavy atom. The lowest BCUT2D eigenvalue weighted by Crippen LogP contribution is -2.32. The fraction of sp³-hybridized carbons (Fsp3) is 0.250. The van der Waals surface area contributed by atoms with Crippen molar-refractivity contribution in [2.45, 2.75) is 18.9 Å². The van der Waals surface area contributed by atoms with Crippen molar-refractivity contribution in [3.05, 3.63) is 76.4 Å². The van der Waals surface area contributed by atoms with Crippen LogP contribution < -0.4 is 10.1 Å². The maximum absolute atomic E-state index is 12.9. The molecule has 4 rings (SSSR count). The molecule has 1 aliphatic heterocycles. The monoisotopic (exact) mass is 481 g/mol. The topological polar surface area (TPSA) is 110 Å². The highest BCUT2D eigenvalue weighted by Gasteiger charge is 2.35. The van der Waals surface area contributed by atoms with Crippen LogP contribution in [0.25, 0.3) is 0 Å². The second-order valence-corrected chi connectivity index (χ2v) is 8.21. The molecule has 0 radical (unpaired) electrons. The van der Waals surface area contributed by atoms with Crippen LogP contribution in [0.15, 0.2) is 69.0 Å². The molecule has 3 aromatic rings. The first-order valence-electron chi connectivity index (χ1n) is 10.6. The number of nitrogens with zero attached hydrogens (tertiary/aromatic N) is 2. The summed E-state index contributed by atoms with van der Waals surface area (Å²) >= 11 is 1.41. The van der Waals surface area contributed by atoms with Crippen molar-refractivity contribution >= 4 is 34.8 Å². The van der Waals surface area contributed by atoms with Gasteiger partial charge >= 0.3 is 5.97 Å². The molecule has 1 aromatic carbocycles. The number of methoxy groups -OCH3 is 1. The van der Waals surface area contributed by atoms with E-state index in [4.69, 9.17) is 13.9 Å². The van der Waals surface area contributed by atoms with E-state index in [-0.39, 0.29) is 18.9 Å². The Morgan fingerprint density at radius 1 is 1.21 bits per heavy atom. The van der Waals surface area contributed by atoms with Crippen LogP contribution in [0.4, 0.5) is 0 Å². The van der Waals surface area contributed by atoms with Crippen molar-refractivity contribution in [2.24, 2.45) is 5.10 Å². The number of amides is 2. The zero-order valence-corrected chi connectivity index (χ0v) is 19.2. The standard InChI is InChI=1S/C24H23N3O6S/c1-31-18-6-4-16(5-7-18)19-13-20(21-3-2-11-32-21)27(26-19)22(28)14-33-23(29)8-10-25-24(30)17-9-12-34-15-17/h2-7,9,11-12,15,20H,8,10,13-14H2,1H3,(H,25,30). The molecule has 0 fully saturated rings. The van der Waals surface area contributed by atoms with Gasteiger partial charge in [0.25, 0.3) is 11.8 Å². The van der Waals surface area contributed by atoms with Crippen LogP contribution >= 0.6 is 11.3 Å². The highest BCUT2D eigenvalue weighted by molar-refractivity contribution is 7.08. The van der Waals surface area contributed by atoms with E-state index in [1.807, 2.05) is 24.3 Å². The van der Waals surface area contributed by atoms with E-state index in [9.17, 15) is 14.4 Å². The second kappa shape index (κ2) is 10.8. The minimum atomic E-state index is -0.591. The molecule has 34 heavy (non-hydrogen) atoms. The van der Waals surface area contributed by atoms with Gasteiger partial charge in [0, 0.05) is 23.9 Å². The average molecular weight is 482 g/mol. The molecule has 1 atom stereocenters. The number of hydrazone groups is 1. The minimum Gasteiger partial charge on any atom is -0.497 e. The number of furan rings is 1. The number of nitrogens with one attached hydrogen (secondary N) is 1. The number of hydrogen-bond donors (Lipinski definition) is 1. The van der Waals surface area contributed by atoms with Crippen molar-refractivity contribution in [1.82, 2.24) is 10.3 Å². The summed E-state index contributed by atoms with van der Waals surface area (Å²) < 4.78 is 15.8. The van der Waals surface area contributed by atoms with Gasteiger partial charge in [-0.3, -0.25) is 14.4 Å². The van der Waals surface area contributed by atoms with E-state index in [0.717, 1.165) is 11.3 Å². The van der Waals surface area contributed by atoms with Crippen molar-refractivity contribution in [2.75, 3.05) is 20.3 Å². The number of carbonyl (C=O) groups excluding carboxylic acids is 3. The van der Waals surface area contributed by atoms with E-state index in [1.54, 1.807) is 36.1 Å². The summed E-state index contributed by atoms with van der Waals surface area (Å²) in [6, 6.07) is 12.2. The zero-order chi connectivity index (χ0) is 23.9. The second-order valence-electron chi connectivity index (χ2n) is 7.43. The number of carbonyl (C=O) groups is 3. The highest BCUT2D eigenvalue weighted by atomic mass is 32.1. The summed E-state index contributed by atoms with van der Waals surface area (Å²) in [5.41, 5.74) is 2.10. The smallest absolute Gasteiger partial charge is 0.308 e. The van der Waals surface area contributed by atoms with Gasteiger partial charge < -0.3 is 19.2 Å². The molecule has 0 saturated carbocycles. The summed E-state index contributed by atoms with van der Waals surface area (Å²) in [5, 5.41) is 12.0. The van der Waals surface area contributed by atoms with E-state index in [1.165, 1.54) is 22.6 Å². The van der Waals surface area contributed by atoms with Crippen LogP contribution in [0.3, 0.4) is 0 Å². The van der Waals surface area contributed by atoms with Crippen LogP contribution in [-0.4, -0.2) is 48.8 Å². The van der Waals surface area contributed by atoms with Crippen LogP contribution in [0.5, 0.6) is 5.75 Å². The summed E-state index contributed by atoms with van der Waals surface area (Å²) in [4.78, 5) is 36.9. The van der Waals surface area contributed by atoms with E-state index >= 15 is 0 Å². The molecule has 0 aliphatic carbocycles. The molecule has 1 N–H and O–H groups in total. The lowest BCUT2D eigenvalue weighted by atomic mass is 10.0. The van der Waals surface area contributed by atoms with Gasteiger partial charge in [0.05, 0.1) is 25.5 Å². The summed E-state index contributed by atoms with van der Waals surface area (Å²) in [7, 11) is 1.59. The Labute approximate surface area is 200 Å². The molecule has 176 valence electrons. The normalized spacial score (nSPS) is 15.0. The zero-order valence-electron chi connectivity index (χ0n) is 18.4. The summed E-state index contributed by atoms with van der Waals surface area (Å²) in [6.07, 6.45) is 1.94.